The number of aromatic nitrogens is 3. The Balaban J connectivity index is 1.60. The Labute approximate surface area is 228 Å². The number of pyridine rings is 2. The van der Waals surface area contributed by atoms with Gasteiger partial charge < -0.3 is 20.1 Å². The Morgan fingerprint density at radius 3 is 2.53 bits per heavy atom. The summed E-state index contributed by atoms with van der Waals surface area (Å²) in [4.78, 5) is 20.9. The van der Waals surface area contributed by atoms with Gasteiger partial charge in [-0.1, -0.05) is 48.0 Å². The Morgan fingerprint density at radius 2 is 1.82 bits per heavy atom. The van der Waals surface area contributed by atoms with E-state index < -0.39 is 0 Å². The van der Waals surface area contributed by atoms with Crippen molar-refractivity contribution < 1.29 is 14.3 Å². The van der Waals surface area contributed by atoms with Gasteiger partial charge in [-0.05, 0) is 23.8 Å². The number of methoxy groups -OCH3 is 2. The molecule has 3 heterocycles. The Hall–Kier alpha value is -4.27. The standard InChI is InChI=1S/C28H23Cl2N5O3/c1-4-24(36)33-14-16-7-5-6-8-19(16)34-23-12-20-17(15-32-23)11-18(28-31-9-10-35(20)28)25-26(29)21(37-2)13-22(38-3)27(25)30/h4-13,15H,1,14H2,2-3H3,(H,32,34)(H,33,36). The number of amides is 1. The van der Waals surface area contributed by atoms with Crippen molar-refractivity contribution >= 4 is 57.2 Å². The van der Waals surface area contributed by atoms with E-state index in [9.17, 15) is 4.79 Å². The highest BCUT2D eigenvalue weighted by Crippen LogP contribution is 2.47. The Morgan fingerprint density at radius 1 is 1.08 bits per heavy atom. The van der Waals surface area contributed by atoms with Crippen LogP contribution in [0.15, 0.2) is 73.7 Å². The highest BCUT2D eigenvalue weighted by Gasteiger charge is 2.22. The van der Waals surface area contributed by atoms with Gasteiger partial charge >= 0.3 is 0 Å². The number of nitrogens with one attached hydrogen (secondary N) is 2. The molecule has 0 unspecified atom stereocenters. The molecule has 0 aliphatic heterocycles. The smallest absolute Gasteiger partial charge is 0.243 e. The maximum Gasteiger partial charge on any atom is 0.243 e. The number of nitrogens with zero attached hydrogens (tertiary/aromatic N) is 3. The minimum absolute atomic E-state index is 0.240. The van der Waals surface area contributed by atoms with Gasteiger partial charge in [0.1, 0.15) is 23.0 Å². The number of fused-ring (bicyclic) bond motifs is 3. The molecule has 38 heavy (non-hydrogen) atoms. The number of anilines is 2. The van der Waals surface area contributed by atoms with E-state index >= 15 is 0 Å². The minimum atomic E-state index is -0.240. The molecule has 192 valence electrons. The van der Waals surface area contributed by atoms with E-state index in [-0.39, 0.29) is 5.91 Å². The molecular formula is C28H23Cl2N5O3. The number of halogens is 2. The molecule has 0 spiro atoms. The fourth-order valence-electron chi connectivity index (χ4n) is 4.26. The zero-order chi connectivity index (χ0) is 26.8. The third kappa shape index (κ3) is 4.60. The van der Waals surface area contributed by atoms with Crippen LogP contribution < -0.4 is 20.1 Å². The van der Waals surface area contributed by atoms with Gasteiger partial charge in [-0.3, -0.25) is 9.20 Å². The van der Waals surface area contributed by atoms with E-state index in [1.165, 1.54) is 20.3 Å². The van der Waals surface area contributed by atoms with E-state index in [1.807, 2.05) is 47.0 Å². The molecule has 0 saturated heterocycles. The van der Waals surface area contributed by atoms with Gasteiger partial charge in [0.05, 0.1) is 29.8 Å². The van der Waals surface area contributed by atoms with Gasteiger partial charge in [-0.15, -0.1) is 0 Å². The van der Waals surface area contributed by atoms with Crippen molar-refractivity contribution in [3.8, 4) is 22.6 Å². The van der Waals surface area contributed by atoms with Gasteiger partial charge in [-0.2, -0.15) is 0 Å². The summed E-state index contributed by atoms with van der Waals surface area (Å²) in [6.45, 7) is 3.84. The number of imidazole rings is 1. The monoisotopic (exact) mass is 547 g/mol. The molecule has 0 aliphatic rings. The lowest BCUT2D eigenvalue weighted by molar-refractivity contribution is -0.116. The zero-order valence-corrected chi connectivity index (χ0v) is 22.1. The predicted octanol–water partition coefficient (Wildman–Crippen LogP) is 6.42. The molecule has 10 heteroatoms. The quantitative estimate of drug-likeness (QED) is 0.218. The first-order valence-corrected chi connectivity index (χ1v) is 12.3. The first kappa shape index (κ1) is 25.4. The van der Waals surface area contributed by atoms with Crippen molar-refractivity contribution in [3.63, 3.8) is 0 Å². The molecule has 5 rings (SSSR count). The van der Waals surface area contributed by atoms with Crippen LogP contribution in [0.4, 0.5) is 11.5 Å². The number of hydrogen-bond acceptors (Lipinski definition) is 6. The molecular weight excluding hydrogens is 525 g/mol. The molecule has 2 aromatic carbocycles. The summed E-state index contributed by atoms with van der Waals surface area (Å²) in [5, 5.41) is 7.72. The fraction of sp³-hybridized carbons (Fsp3) is 0.107. The summed E-state index contributed by atoms with van der Waals surface area (Å²) in [7, 11) is 3.07. The van der Waals surface area contributed by atoms with Crippen LogP contribution in [0.25, 0.3) is 27.7 Å². The van der Waals surface area contributed by atoms with Crippen LogP contribution in [0, 0.1) is 0 Å². The molecule has 5 aromatic rings. The topological polar surface area (TPSA) is 89.8 Å². The average molecular weight is 548 g/mol. The highest BCUT2D eigenvalue weighted by molar-refractivity contribution is 6.41. The fourth-order valence-corrected chi connectivity index (χ4v) is 4.96. The molecule has 0 bridgehead atoms. The van der Waals surface area contributed by atoms with Crippen LogP contribution >= 0.6 is 23.2 Å². The number of carbonyl (C=O) groups excluding carboxylic acids is 1. The minimum Gasteiger partial charge on any atom is -0.495 e. The predicted molar refractivity (Wildman–Crippen MR) is 151 cm³/mol. The van der Waals surface area contributed by atoms with Crippen molar-refractivity contribution in [1.29, 1.82) is 0 Å². The van der Waals surface area contributed by atoms with Crippen molar-refractivity contribution in [2.45, 2.75) is 6.54 Å². The summed E-state index contributed by atoms with van der Waals surface area (Å²) in [6.07, 6.45) is 6.58. The third-order valence-electron chi connectivity index (χ3n) is 6.11. The van der Waals surface area contributed by atoms with Crippen LogP contribution in [0.1, 0.15) is 5.56 Å². The van der Waals surface area contributed by atoms with Crippen LogP contribution in [0.2, 0.25) is 10.0 Å². The Kier molecular flexibility index (Phi) is 7.09. The molecule has 8 nitrogen and oxygen atoms in total. The summed E-state index contributed by atoms with van der Waals surface area (Å²) in [6, 6.07) is 13.2. The van der Waals surface area contributed by atoms with E-state index in [2.05, 4.69) is 27.2 Å². The first-order valence-electron chi connectivity index (χ1n) is 11.6. The summed E-state index contributed by atoms with van der Waals surface area (Å²) < 4.78 is 12.9. The number of rotatable bonds is 8. The molecule has 0 fully saturated rings. The average Bonchev–Trinajstić information content (AvgIpc) is 3.43. The van der Waals surface area contributed by atoms with Gasteiger partial charge in [-0.25, -0.2) is 9.97 Å². The van der Waals surface area contributed by atoms with E-state index in [0.717, 1.165) is 22.2 Å². The van der Waals surface area contributed by atoms with E-state index in [1.54, 1.807) is 18.5 Å². The molecule has 0 saturated carbocycles. The number of ether oxygens (including phenoxy) is 2. The first-order chi connectivity index (χ1) is 18.4. The second kappa shape index (κ2) is 10.6. The molecule has 1 amide bonds. The van der Waals surface area contributed by atoms with Crippen LogP contribution in [-0.4, -0.2) is 34.5 Å². The van der Waals surface area contributed by atoms with Crippen molar-refractivity contribution in [2.75, 3.05) is 19.5 Å². The maximum atomic E-state index is 11.6. The number of hydrogen-bond donors (Lipinski definition) is 2. The SMILES string of the molecule is C=CC(=O)NCc1ccccc1Nc1cc2c(cn1)cc(-c1c(Cl)c(OC)cc(OC)c1Cl)c1nccn12. The lowest BCUT2D eigenvalue weighted by Crippen LogP contribution is -2.20. The second-order valence-electron chi connectivity index (χ2n) is 8.30. The second-order valence-corrected chi connectivity index (χ2v) is 9.05. The van der Waals surface area contributed by atoms with E-state index in [0.29, 0.717) is 50.7 Å². The van der Waals surface area contributed by atoms with Gasteiger partial charge in [0.2, 0.25) is 5.91 Å². The summed E-state index contributed by atoms with van der Waals surface area (Å²) in [5.41, 5.74) is 4.52. The van der Waals surface area contributed by atoms with Crippen molar-refractivity contribution in [1.82, 2.24) is 19.7 Å². The van der Waals surface area contributed by atoms with E-state index in [4.69, 9.17) is 32.7 Å². The lowest BCUT2D eigenvalue weighted by atomic mass is 10.0. The number of para-hydroxylation sites is 1. The molecule has 3 aromatic heterocycles. The summed E-state index contributed by atoms with van der Waals surface area (Å²) in [5.74, 6) is 1.26. The zero-order valence-electron chi connectivity index (χ0n) is 20.6. The van der Waals surface area contributed by atoms with Crippen LogP contribution in [0.5, 0.6) is 11.5 Å². The third-order valence-corrected chi connectivity index (χ3v) is 6.86. The lowest BCUT2D eigenvalue weighted by Gasteiger charge is -2.17. The number of benzene rings is 2. The largest absolute Gasteiger partial charge is 0.495 e. The Bertz CT molecular complexity index is 1670. The van der Waals surface area contributed by atoms with Crippen LogP contribution in [0.3, 0.4) is 0 Å². The number of carbonyl (C=O) groups is 1. The summed E-state index contributed by atoms with van der Waals surface area (Å²) >= 11 is 13.4. The molecule has 0 atom stereocenters. The van der Waals surface area contributed by atoms with Gasteiger partial charge in [0, 0.05) is 59.5 Å². The van der Waals surface area contributed by atoms with Crippen molar-refractivity contribution in [3.05, 3.63) is 89.3 Å². The normalized spacial score (nSPS) is 10.9. The van der Waals surface area contributed by atoms with Gasteiger partial charge in [0.25, 0.3) is 0 Å². The van der Waals surface area contributed by atoms with Crippen LogP contribution in [-0.2, 0) is 11.3 Å². The highest BCUT2D eigenvalue weighted by atomic mass is 35.5. The maximum absolute atomic E-state index is 11.6. The molecule has 0 radical (unpaired) electrons. The molecule has 0 aliphatic carbocycles. The van der Waals surface area contributed by atoms with Gasteiger partial charge in [0.15, 0.2) is 0 Å². The molecule has 2 N–H and O–H groups in total. The van der Waals surface area contributed by atoms with Crippen molar-refractivity contribution in [2.24, 2.45) is 0 Å².